The van der Waals surface area contributed by atoms with E-state index in [4.69, 9.17) is 4.84 Å². The molecule has 0 unspecified atom stereocenters. The lowest BCUT2D eigenvalue weighted by molar-refractivity contribution is 0.0359. The molecule has 6 nitrogen and oxygen atoms in total. The van der Waals surface area contributed by atoms with Gasteiger partial charge in [-0.25, -0.2) is 5.48 Å². The van der Waals surface area contributed by atoms with Gasteiger partial charge in [0, 0.05) is 13.1 Å². The molecule has 1 amide bonds. The molecule has 0 bridgehead atoms. The van der Waals surface area contributed by atoms with Crippen LogP contribution in [-0.4, -0.2) is 35.8 Å². The Bertz CT molecular complexity index is 374. The van der Waals surface area contributed by atoms with E-state index in [1.54, 1.807) is 13.0 Å². The summed E-state index contributed by atoms with van der Waals surface area (Å²) >= 11 is 0. The fourth-order valence-electron chi connectivity index (χ4n) is 1.75. The highest BCUT2D eigenvalue weighted by Crippen LogP contribution is 2.16. The van der Waals surface area contributed by atoms with Crippen molar-refractivity contribution in [3.05, 3.63) is 17.8 Å². The highest BCUT2D eigenvalue weighted by atomic mass is 16.6. The summed E-state index contributed by atoms with van der Waals surface area (Å²) in [4.78, 5) is 18.4. The van der Waals surface area contributed by atoms with Crippen molar-refractivity contribution in [1.29, 1.82) is 0 Å². The monoisotopic (exact) mass is 236 g/mol. The number of carbonyl (C=O) groups excluding carboxylic acids is 1. The lowest BCUT2D eigenvalue weighted by atomic mass is 10.3. The Hall–Kier alpha value is -1.69. The summed E-state index contributed by atoms with van der Waals surface area (Å²) in [6, 6.07) is 3.48. The fraction of sp³-hybridized carbons (Fsp3) is 0.545. The van der Waals surface area contributed by atoms with E-state index < -0.39 is 0 Å². The van der Waals surface area contributed by atoms with Gasteiger partial charge in [0.25, 0.3) is 5.91 Å². The Morgan fingerprint density at radius 3 is 2.76 bits per heavy atom. The van der Waals surface area contributed by atoms with Crippen LogP contribution in [0.5, 0.6) is 0 Å². The van der Waals surface area contributed by atoms with Crippen molar-refractivity contribution < 1.29 is 9.63 Å². The van der Waals surface area contributed by atoms with Gasteiger partial charge in [0.1, 0.15) is 0 Å². The number of nitrogens with one attached hydrogen (secondary N) is 1. The van der Waals surface area contributed by atoms with Crippen LogP contribution >= 0.6 is 0 Å². The summed E-state index contributed by atoms with van der Waals surface area (Å²) in [5.74, 6) is 0.461. The first-order valence-corrected chi connectivity index (χ1v) is 5.82. The van der Waals surface area contributed by atoms with Crippen molar-refractivity contribution in [3.8, 4) is 0 Å². The molecule has 2 heterocycles. The van der Waals surface area contributed by atoms with Crippen molar-refractivity contribution in [2.24, 2.45) is 0 Å². The standard InChI is InChI=1S/C11H16N4O2/c1-2-17-14-11(16)9-5-6-10(13-12-9)15-7-3-4-8-15/h5-6H,2-4,7-8H2,1H3,(H,14,16). The smallest absolute Gasteiger partial charge is 0.295 e. The normalized spacial score (nSPS) is 15.0. The maximum atomic E-state index is 11.5. The fourth-order valence-corrected chi connectivity index (χ4v) is 1.75. The van der Waals surface area contributed by atoms with Crippen molar-refractivity contribution in [1.82, 2.24) is 15.7 Å². The van der Waals surface area contributed by atoms with Crippen LogP contribution in [0.1, 0.15) is 30.3 Å². The van der Waals surface area contributed by atoms with Crippen LogP contribution in [0.4, 0.5) is 5.82 Å². The molecule has 0 atom stereocenters. The van der Waals surface area contributed by atoms with Crippen LogP contribution in [-0.2, 0) is 4.84 Å². The second-order valence-corrected chi connectivity index (χ2v) is 3.84. The van der Waals surface area contributed by atoms with E-state index in [-0.39, 0.29) is 11.6 Å². The number of hydrogen-bond donors (Lipinski definition) is 1. The lowest BCUT2D eigenvalue weighted by Crippen LogP contribution is -2.25. The summed E-state index contributed by atoms with van der Waals surface area (Å²) in [6.07, 6.45) is 2.38. The van der Waals surface area contributed by atoms with E-state index in [1.165, 1.54) is 12.8 Å². The van der Waals surface area contributed by atoms with Crippen LogP contribution < -0.4 is 10.4 Å². The maximum absolute atomic E-state index is 11.5. The summed E-state index contributed by atoms with van der Waals surface area (Å²) in [5, 5.41) is 7.94. The topological polar surface area (TPSA) is 67.3 Å². The number of nitrogens with zero attached hydrogens (tertiary/aromatic N) is 3. The van der Waals surface area contributed by atoms with Gasteiger partial charge in [0.15, 0.2) is 11.5 Å². The van der Waals surface area contributed by atoms with Gasteiger partial charge in [0.05, 0.1) is 6.61 Å². The van der Waals surface area contributed by atoms with E-state index in [2.05, 4.69) is 20.6 Å². The Morgan fingerprint density at radius 1 is 1.41 bits per heavy atom. The largest absolute Gasteiger partial charge is 0.355 e. The Morgan fingerprint density at radius 2 is 2.18 bits per heavy atom. The highest BCUT2D eigenvalue weighted by molar-refractivity contribution is 5.91. The summed E-state index contributed by atoms with van der Waals surface area (Å²) in [6.45, 7) is 4.24. The van der Waals surface area contributed by atoms with Gasteiger partial charge in [-0.3, -0.25) is 9.63 Å². The molecular weight excluding hydrogens is 220 g/mol. The summed E-state index contributed by atoms with van der Waals surface area (Å²) < 4.78 is 0. The molecule has 1 saturated heterocycles. The number of amides is 1. The van der Waals surface area contributed by atoms with E-state index in [0.29, 0.717) is 6.61 Å². The third-order valence-electron chi connectivity index (χ3n) is 2.62. The van der Waals surface area contributed by atoms with Gasteiger partial charge in [0.2, 0.25) is 0 Å². The van der Waals surface area contributed by atoms with E-state index in [9.17, 15) is 4.79 Å². The van der Waals surface area contributed by atoms with E-state index >= 15 is 0 Å². The molecule has 0 radical (unpaired) electrons. The first kappa shape index (κ1) is 11.8. The highest BCUT2D eigenvalue weighted by Gasteiger charge is 2.15. The molecule has 1 aromatic heterocycles. The van der Waals surface area contributed by atoms with Gasteiger partial charge in [-0.2, -0.15) is 0 Å². The number of anilines is 1. The van der Waals surface area contributed by atoms with E-state index in [0.717, 1.165) is 18.9 Å². The first-order valence-electron chi connectivity index (χ1n) is 5.82. The van der Waals surface area contributed by atoms with Gasteiger partial charge >= 0.3 is 0 Å². The number of aromatic nitrogens is 2. The van der Waals surface area contributed by atoms with Crippen LogP contribution in [0, 0.1) is 0 Å². The molecule has 1 aromatic rings. The zero-order valence-corrected chi connectivity index (χ0v) is 9.85. The molecule has 92 valence electrons. The molecule has 2 rings (SSSR count). The third kappa shape index (κ3) is 2.91. The van der Waals surface area contributed by atoms with Crippen LogP contribution in [0.25, 0.3) is 0 Å². The molecule has 1 fully saturated rings. The van der Waals surface area contributed by atoms with Crippen LogP contribution in [0.2, 0.25) is 0 Å². The molecule has 0 saturated carbocycles. The second-order valence-electron chi connectivity index (χ2n) is 3.84. The van der Waals surface area contributed by atoms with Gasteiger partial charge in [-0.1, -0.05) is 0 Å². The van der Waals surface area contributed by atoms with Crippen molar-refractivity contribution in [3.63, 3.8) is 0 Å². The molecule has 1 N–H and O–H groups in total. The minimum atomic E-state index is -0.368. The molecular formula is C11H16N4O2. The summed E-state index contributed by atoms with van der Waals surface area (Å²) in [5.41, 5.74) is 2.55. The van der Waals surface area contributed by atoms with Crippen LogP contribution in [0.3, 0.4) is 0 Å². The molecule has 1 aliphatic heterocycles. The number of hydrogen-bond acceptors (Lipinski definition) is 5. The zero-order valence-electron chi connectivity index (χ0n) is 9.85. The average Bonchev–Trinajstić information content (AvgIpc) is 2.90. The predicted octanol–water partition coefficient (Wildman–Crippen LogP) is 0.758. The predicted molar refractivity (Wildman–Crippen MR) is 62.6 cm³/mol. The lowest BCUT2D eigenvalue weighted by Gasteiger charge is -2.15. The zero-order chi connectivity index (χ0) is 12.1. The van der Waals surface area contributed by atoms with Crippen molar-refractivity contribution in [2.45, 2.75) is 19.8 Å². The van der Waals surface area contributed by atoms with E-state index in [1.807, 2.05) is 6.07 Å². The number of hydroxylamine groups is 1. The Kier molecular flexibility index (Phi) is 3.87. The molecule has 0 spiro atoms. The minimum Gasteiger partial charge on any atom is -0.355 e. The molecule has 6 heteroatoms. The molecule has 0 aromatic carbocycles. The van der Waals surface area contributed by atoms with Crippen molar-refractivity contribution in [2.75, 3.05) is 24.6 Å². The maximum Gasteiger partial charge on any atom is 0.295 e. The molecule has 0 aliphatic carbocycles. The molecule has 1 aliphatic rings. The van der Waals surface area contributed by atoms with Gasteiger partial charge in [-0.15, -0.1) is 10.2 Å². The Labute approximate surface area is 99.9 Å². The SMILES string of the molecule is CCONC(=O)c1ccc(N2CCCC2)nn1. The number of rotatable bonds is 4. The van der Waals surface area contributed by atoms with Crippen molar-refractivity contribution >= 4 is 11.7 Å². The van der Waals surface area contributed by atoms with Gasteiger partial charge in [-0.05, 0) is 31.9 Å². The molecule has 17 heavy (non-hydrogen) atoms. The number of carbonyl (C=O) groups is 1. The minimum absolute atomic E-state index is 0.265. The van der Waals surface area contributed by atoms with Gasteiger partial charge < -0.3 is 4.90 Å². The Balaban J connectivity index is 1.99. The quantitative estimate of drug-likeness (QED) is 0.782. The second kappa shape index (κ2) is 5.58. The average molecular weight is 236 g/mol. The summed E-state index contributed by atoms with van der Waals surface area (Å²) in [7, 11) is 0. The first-order chi connectivity index (χ1) is 8.31. The third-order valence-corrected chi connectivity index (χ3v) is 2.62. The van der Waals surface area contributed by atoms with Crippen LogP contribution in [0.15, 0.2) is 12.1 Å².